The molecule has 0 unspecified atom stereocenters. The second kappa shape index (κ2) is 8.03. The number of aromatic nitrogens is 2. The highest BCUT2D eigenvalue weighted by molar-refractivity contribution is 5.78. The van der Waals surface area contributed by atoms with Crippen molar-refractivity contribution in [1.82, 2.24) is 9.55 Å². The van der Waals surface area contributed by atoms with Crippen LogP contribution >= 0.6 is 0 Å². The van der Waals surface area contributed by atoms with E-state index in [1.54, 1.807) is 11.0 Å². The molecule has 3 aromatic rings. The molecule has 5 nitrogen and oxygen atoms in total. The number of benzene rings is 2. The van der Waals surface area contributed by atoms with Gasteiger partial charge in [0.15, 0.2) is 0 Å². The third-order valence-corrected chi connectivity index (χ3v) is 4.77. The predicted molar refractivity (Wildman–Crippen MR) is 102 cm³/mol. The molecule has 0 atom stereocenters. The Kier molecular flexibility index (Phi) is 5.56. The molecule has 0 spiro atoms. The zero-order chi connectivity index (χ0) is 17.6. The zero-order valence-corrected chi connectivity index (χ0v) is 15.0. The van der Waals surface area contributed by atoms with E-state index in [2.05, 4.69) is 35.9 Å². The zero-order valence-electron chi connectivity index (χ0n) is 15.0. The van der Waals surface area contributed by atoms with Crippen LogP contribution in [-0.2, 0) is 13.1 Å². The van der Waals surface area contributed by atoms with Crippen molar-refractivity contribution in [3.05, 3.63) is 54.1 Å². The third kappa shape index (κ3) is 3.94. The molecule has 3 rings (SSSR count). The number of hydrogen-bond donors (Lipinski definition) is 3. The van der Waals surface area contributed by atoms with Crippen LogP contribution < -0.4 is 10.2 Å². The van der Waals surface area contributed by atoms with Crippen LogP contribution in [0, 0.1) is 0 Å². The SMILES string of the molecule is CC[NH+](CC)CCn1c(NCc2ccccc2O)nc2ccccc21. The van der Waals surface area contributed by atoms with E-state index in [1.807, 2.05) is 30.3 Å². The van der Waals surface area contributed by atoms with Gasteiger partial charge in [-0.15, -0.1) is 0 Å². The number of aromatic hydroxyl groups is 1. The van der Waals surface area contributed by atoms with Crippen LogP contribution in [-0.4, -0.2) is 34.3 Å². The Bertz CT molecular complexity index is 823. The minimum atomic E-state index is 0.310. The average Bonchev–Trinajstić information content (AvgIpc) is 2.99. The summed E-state index contributed by atoms with van der Waals surface area (Å²) in [5.41, 5.74) is 3.01. The Balaban J connectivity index is 1.83. The fraction of sp³-hybridized carbons (Fsp3) is 0.350. The molecule has 0 fully saturated rings. The molecule has 1 aromatic heterocycles. The van der Waals surface area contributed by atoms with Crippen LogP contribution in [0.5, 0.6) is 5.75 Å². The van der Waals surface area contributed by atoms with Gasteiger partial charge >= 0.3 is 0 Å². The van der Waals surface area contributed by atoms with Crippen molar-refractivity contribution >= 4 is 17.0 Å². The largest absolute Gasteiger partial charge is 0.508 e. The highest BCUT2D eigenvalue weighted by Gasteiger charge is 2.13. The normalized spacial score (nSPS) is 11.3. The minimum Gasteiger partial charge on any atom is -0.508 e. The maximum absolute atomic E-state index is 9.97. The number of imidazole rings is 1. The first kappa shape index (κ1) is 17.3. The van der Waals surface area contributed by atoms with E-state index in [-0.39, 0.29) is 0 Å². The van der Waals surface area contributed by atoms with Crippen molar-refractivity contribution in [1.29, 1.82) is 0 Å². The quantitative estimate of drug-likeness (QED) is 0.590. The van der Waals surface area contributed by atoms with E-state index < -0.39 is 0 Å². The summed E-state index contributed by atoms with van der Waals surface area (Å²) in [5.74, 6) is 1.17. The fourth-order valence-electron chi connectivity index (χ4n) is 3.14. The van der Waals surface area contributed by atoms with Gasteiger partial charge < -0.3 is 19.9 Å². The number of anilines is 1. The molecule has 132 valence electrons. The maximum atomic E-state index is 9.97. The molecular formula is C20H27N4O+. The number of quaternary nitrogens is 1. The first-order valence-electron chi connectivity index (χ1n) is 9.02. The van der Waals surface area contributed by atoms with Crippen molar-refractivity contribution < 1.29 is 10.0 Å². The van der Waals surface area contributed by atoms with Crippen molar-refractivity contribution in [2.45, 2.75) is 26.9 Å². The number of para-hydroxylation sites is 3. The van der Waals surface area contributed by atoms with Gasteiger partial charge in [0.25, 0.3) is 0 Å². The molecule has 0 amide bonds. The Hall–Kier alpha value is -2.53. The highest BCUT2D eigenvalue weighted by Crippen LogP contribution is 2.21. The molecule has 0 aliphatic rings. The maximum Gasteiger partial charge on any atom is 0.204 e. The first-order valence-corrected chi connectivity index (χ1v) is 9.02. The number of fused-ring (bicyclic) bond motifs is 1. The number of rotatable bonds is 8. The van der Waals surface area contributed by atoms with E-state index in [9.17, 15) is 5.11 Å². The van der Waals surface area contributed by atoms with Gasteiger partial charge in [-0.05, 0) is 32.0 Å². The lowest BCUT2D eigenvalue weighted by Crippen LogP contribution is -3.11. The second-order valence-corrected chi connectivity index (χ2v) is 6.27. The monoisotopic (exact) mass is 339 g/mol. The van der Waals surface area contributed by atoms with E-state index in [4.69, 9.17) is 4.98 Å². The molecule has 0 bridgehead atoms. The summed E-state index contributed by atoms with van der Waals surface area (Å²) in [5, 5.41) is 13.4. The van der Waals surface area contributed by atoms with Gasteiger partial charge in [0.1, 0.15) is 5.75 Å². The lowest BCUT2D eigenvalue weighted by Gasteiger charge is -2.17. The summed E-state index contributed by atoms with van der Waals surface area (Å²) < 4.78 is 2.25. The van der Waals surface area contributed by atoms with E-state index in [0.29, 0.717) is 12.3 Å². The number of phenols is 1. The minimum absolute atomic E-state index is 0.310. The number of nitrogens with zero attached hydrogens (tertiary/aromatic N) is 2. The highest BCUT2D eigenvalue weighted by atomic mass is 16.3. The molecule has 2 aromatic carbocycles. The van der Waals surface area contributed by atoms with Crippen LogP contribution in [0.15, 0.2) is 48.5 Å². The van der Waals surface area contributed by atoms with Gasteiger partial charge in [0, 0.05) is 12.1 Å². The Morgan fingerprint density at radius 1 is 1.04 bits per heavy atom. The first-order chi connectivity index (χ1) is 12.2. The van der Waals surface area contributed by atoms with Crippen LogP contribution in [0.3, 0.4) is 0 Å². The van der Waals surface area contributed by atoms with Crippen molar-refractivity contribution in [3.63, 3.8) is 0 Å². The Morgan fingerprint density at radius 2 is 1.76 bits per heavy atom. The summed E-state index contributed by atoms with van der Waals surface area (Å²) in [6.45, 7) is 9.24. The predicted octanol–water partition coefficient (Wildman–Crippen LogP) is 2.28. The van der Waals surface area contributed by atoms with Crippen LogP contribution in [0.1, 0.15) is 19.4 Å². The molecule has 0 radical (unpaired) electrons. The van der Waals surface area contributed by atoms with Gasteiger partial charge in [0.2, 0.25) is 5.95 Å². The number of hydrogen-bond acceptors (Lipinski definition) is 3. The van der Waals surface area contributed by atoms with Gasteiger partial charge in [-0.3, -0.25) is 0 Å². The summed E-state index contributed by atoms with van der Waals surface area (Å²) in [7, 11) is 0. The number of phenolic OH excluding ortho intramolecular Hbond substituents is 1. The van der Waals surface area contributed by atoms with Crippen LogP contribution in [0.25, 0.3) is 11.0 Å². The van der Waals surface area contributed by atoms with Crippen LogP contribution in [0.2, 0.25) is 0 Å². The topological polar surface area (TPSA) is 54.5 Å². The molecule has 5 heteroatoms. The molecule has 3 N–H and O–H groups in total. The molecule has 0 aliphatic heterocycles. The lowest BCUT2D eigenvalue weighted by atomic mass is 10.2. The Morgan fingerprint density at radius 3 is 2.52 bits per heavy atom. The number of nitrogens with one attached hydrogen (secondary N) is 2. The standard InChI is InChI=1S/C20H26N4O/c1-3-23(4-2)13-14-24-18-11-7-6-10-17(18)22-20(24)21-15-16-9-5-8-12-19(16)25/h5-12,25H,3-4,13-15H2,1-2H3,(H,21,22)/p+1. The van der Waals surface area contributed by atoms with Crippen molar-refractivity contribution in [2.24, 2.45) is 0 Å². The van der Waals surface area contributed by atoms with Crippen molar-refractivity contribution in [3.8, 4) is 5.75 Å². The van der Waals surface area contributed by atoms with Crippen LogP contribution in [0.4, 0.5) is 5.95 Å². The molecule has 25 heavy (non-hydrogen) atoms. The van der Waals surface area contributed by atoms with E-state index in [1.165, 1.54) is 0 Å². The molecule has 1 heterocycles. The van der Waals surface area contributed by atoms with Gasteiger partial charge in [-0.1, -0.05) is 30.3 Å². The molecular weight excluding hydrogens is 312 g/mol. The van der Waals surface area contributed by atoms with Gasteiger partial charge in [-0.25, -0.2) is 4.98 Å². The summed E-state index contributed by atoms with van der Waals surface area (Å²) in [6, 6.07) is 15.6. The van der Waals surface area contributed by atoms with E-state index in [0.717, 1.165) is 48.7 Å². The van der Waals surface area contributed by atoms with E-state index >= 15 is 0 Å². The summed E-state index contributed by atoms with van der Waals surface area (Å²) >= 11 is 0. The lowest BCUT2D eigenvalue weighted by molar-refractivity contribution is -0.897. The molecule has 0 saturated heterocycles. The molecule has 0 aliphatic carbocycles. The van der Waals surface area contributed by atoms with Crippen molar-refractivity contribution in [2.75, 3.05) is 25.0 Å². The third-order valence-electron chi connectivity index (χ3n) is 4.77. The average molecular weight is 339 g/mol. The fourth-order valence-corrected chi connectivity index (χ4v) is 3.14. The second-order valence-electron chi connectivity index (χ2n) is 6.27. The molecule has 0 saturated carbocycles. The smallest absolute Gasteiger partial charge is 0.204 e. The van der Waals surface area contributed by atoms with Gasteiger partial charge in [0.05, 0.1) is 37.2 Å². The van der Waals surface area contributed by atoms with Gasteiger partial charge in [-0.2, -0.15) is 0 Å². The Labute approximate surface area is 148 Å². The number of likely N-dealkylation sites (N-methyl/N-ethyl adjacent to an activating group) is 1. The summed E-state index contributed by atoms with van der Waals surface area (Å²) in [4.78, 5) is 6.32. The summed E-state index contributed by atoms with van der Waals surface area (Å²) in [6.07, 6.45) is 0.